The van der Waals surface area contributed by atoms with Crippen molar-refractivity contribution in [2.45, 2.75) is 6.54 Å². The summed E-state index contributed by atoms with van der Waals surface area (Å²) < 4.78 is 29.6. The van der Waals surface area contributed by atoms with Crippen molar-refractivity contribution in [3.05, 3.63) is 5.89 Å². The lowest BCUT2D eigenvalue weighted by atomic mass is 10.4. The highest BCUT2D eigenvalue weighted by Gasteiger charge is 2.25. The molecule has 0 atom stereocenters. The summed E-state index contributed by atoms with van der Waals surface area (Å²) >= 11 is 0. The van der Waals surface area contributed by atoms with E-state index in [2.05, 4.69) is 15.5 Å². The van der Waals surface area contributed by atoms with Crippen molar-refractivity contribution in [1.29, 1.82) is 0 Å². The van der Waals surface area contributed by atoms with Crippen molar-refractivity contribution in [1.82, 2.24) is 19.8 Å². The van der Waals surface area contributed by atoms with Crippen molar-refractivity contribution < 1.29 is 12.8 Å². The van der Waals surface area contributed by atoms with E-state index in [-0.39, 0.29) is 0 Å². The normalized spacial score (nSPS) is 18.2. The van der Waals surface area contributed by atoms with Crippen LogP contribution in [0.1, 0.15) is 5.89 Å². The summed E-state index contributed by atoms with van der Waals surface area (Å²) in [5.74, 6) is 0.526. The van der Waals surface area contributed by atoms with Crippen molar-refractivity contribution in [3.8, 4) is 0 Å². The average Bonchev–Trinajstić information content (AvgIpc) is 2.77. The Kier molecular flexibility index (Phi) is 3.83. The summed E-state index contributed by atoms with van der Waals surface area (Å²) in [7, 11) is -1.30. The third-order valence-electron chi connectivity index (χ3n) is 2.76. The molecular formula is C9H17N5O3S. The molecule has 1 aliphatic heterocycles. The number of hydrogen-bond donors (Lipinski definition) is 1. The first-order valence-electron chi connectivity index (χ1n) is 5.68. The highest BCUT2D eigenvalue weighted by molar-refractivity contribution is 7.88. The second-order valence-electron chi connectivity index (χ2n) is 4.16. The van der Waals surface area contributed by atoms with Crippen LogP contribution < -0.4 is 10.2 Å². The van der Waals surface area contributed by atoms with Crippen LogP contribution >= 0.6 is 0 Å². The summed E-state index contributed by atoms with van der Waals surface area (Å²) in [5, 5.41) is 10.8. The zero-order valence-corrected chi connectivity index (χ0v) is 11.3. The number of aromatic nitrogens is 2. The molecule has 0 bridgehead atoms. The Hall–Kier alpha value is -1.19. The molecule has 18 heavy (non-hydrogen) atoms. The fraction of sp³-hybridized carbons (Fsp3) is 0.778. The maximum absolute atomic E-state index is 11.4. The molecule has 1 aromatic rings. The smallest absolute Gasteiger partial charge is 0.318 e. The van der Waals surface area contributed by atoms with E-state index in [0.29, 0.717) is 44.6 Å². The third kappa shape index (κ3) is 2.98. The van der Waals surface area contributed by atoms with E-state index in [1.165, 1.54) is 10.6 Å². The van der Waals surface area contributed by atoms with Crippen LogP contribution in [0.15, 0.2) is 4.42 Å². The van der Waals surface area contributed by atoms with Gasteiger partial charge in [-0.2, -0.15) is 4.31 Å². The molecule has 1 aromatic heterocycles. The molecule has 0 spiro atoms. The van der Waals surface area contributed by atoms with Gasteiger partial charge in [0.15, 0.2) is 0 Å². The zero-order valence-electron chi connectivity index (χ0n) is 10.5. The van der Waals surface area contributed by atoms with E-state index in [4.69, 9.17) is 4.42 Å². The molecule has 0 radical (unpaired) electrons. The van der Waals surface area contributed by atoms with Crippen molar-refractivity contribution in [2.24, 2.45) is 0 Å². The maximum Gasteiger partial charge on any atom is 0.318 e. The molecule has 1 fully saturated rings. The molecule has 0 aliphatic carbocycles. The van der Waals surface area contributed by atoms with E-state index >= 15 is 0 Å². The first kappa shape index (κ1) is 13.2. The number of hydrogen-bond acceptors (Lipinski definition) is 7. The minimum Gasteiger partial charge on any atom is -0.407 e. The lowest BCUT2D eigenvalue weighted by molar-refractivity contribution is 0.370. The fourth-order valence-corrected chi connectivity index (χ4v) is 2.63. The molecular weight excluding hydrogens is 258 g/mol. The Morgan fingerprint density at radius 1 is 1.28 bits per heavy atom. The fourth-order valence-electron chi connectivity index (χ4n) is 1.81. The quantitative estimate of drug-likeness (QED) is 0.743. The van der Waals surface area contributed by atoms with Gasteiger partial charge in [-0.25, -0.2) is 8.42 Å². The van der Waals surface area contributed by atoms with Crippen LogP contribution in [-0.2, 0) is 16.6 Å². The first-order valence-corrected chi connectivity index (χ1v) is 7.52. The molecule has 1 saturated heterocycles. The monoisotopic (exact) mass is 275 g/mol. The van der Waals surface area contributed by atoms with Crippen LogP contribution in [0.4, 0.5) is 6.01 Å². The lowest BCUT2D eigenvalue weighted by Crippen LogP contribution is -2.48. The number of anilines is 1. The van der Waals surface area contributed by atoms with Gasteiger partial charge in [0, 0.05) is 26.2 Å². The molecule has 9 heteroatoms. The van der Waals surface area contributed by atoms with E-state index in [0.717, 1.165) is 0 Å². The molecule has 2 rings (SSSR count). The molecule has 0 unspecified atom stereocenters. The Morgan fingerprint density at radius 2 is 1.94 bits per heavy atom. The Morgan fingerprint density at radius 3 is 2.50 bits per heavy atom. The highest BCUT2D eigenvalue weighted by Crippen LogP contribution is 2.15. The second-order valence-corrected chi connectivity index (χ2v) is 6.14. The Labute approximate surface area is 106 Å². The largest absolute Gasteiger partial charge is 0.407 e. The van der Waals surface area contributed by atoms with Gasteiger partial charge in [-0.1, -0.05) is 5.10 Å². The van der Waals surface area contributed by atoms with Crippen molar-refractivity contribution in [2.75, 3.05) is 44.4 Å². The van der Waals surface area contributed by atoms with E-state index < -0.39 is 10.0 Å². The zero-order chi connectivity index (χ0) is 13.2. The van der Waals surface area contributed by atoms with Gasteiger partial charge in [0.25, 0.3) is 0 Å². The number of nitrogens with one attached hydrogen (secondary N) is 1. The van der Waals surface area contributed by atoms with Gasteiger partial charge >= 0.3 is 6.01 Å². The van der Waals surface area contributed by atoms with E-state index in [1.807, 2.05) is 4.90 Å². The van der Waals surface area contributed by atoms with Crippen LogP contribution in [0.2, 0.25) is 0 Å². The topological polar surface area (TPSA) is 91.6 Å². The van der Waals surface area contributed by atoms with Crippen LogP contribution in [0.25, 0.3) is 0 Å². The number of piperazine rings is 1. The van der Waals surface area contributed by atoms with Gasteiger partial charge < -0.3 is 14.6 Å². The Balaban J connectivity index is 1.96. The number of rotatable bonds is 4. The van der Waals surface area contributed by atoms with Gasteiger partial charge in [0.2, 0.25) is 15.9 Å². The molecule has 2 heterocycles. The summed E-state index contributed by atoms with van der Waals surface area (Å²) in [6, 6.07) is 0.452. The van der Waals surface area contributed by atoms with Crippen LogP contribution in [0.3, 0.4) is 0 Å². The predicted molar refractivity (Wildman–Crippen MR) is 65.7 cm³/mol. The predicted octanol–water partition coefficient (Wildman–Crippen LogP) is -1.13. The molecule has 1 N–H and O–H groups in total. The summed E-state index contributed by atoms with van der Waals surface area (Å²) in [6.07, 6.45) is 1.22. The van der Waals surface area contributed by atoms with Gasteiger partial charge in [-0.05, 0) is 7.05 Å². The van der Waals surface area contributed by atoms with Gasteiger partial charge in [0.1, 0.15) is 0 Å². The molecule has 8 nitrogen and oxygen atoms in total. The molecule has 0 saturated carbocycles. The number of nitrogens with zero attached hydrogens (tertiary/aromatic N) is 4. The highest BCUT2D eigenvalue weighted by atomic mass is 32.2. The number of sulfonamides is 1. The van der Waals surface area contributed by atoms with Crippen LogP contribution in [-0.4, -0.2) is 62.4 Å². The minimum atomic E-state index is -3.10. The molecule has 0 aromatic carbocycles. The van der Waals surface area contributed by atoms with E-state index in [1.54, 1.807) is 7.05 Å². The maximum atomic E-state index is 11.4. The van der Waals surface area contributed by atoms with Crippen LogP contribution in [0, 0.1) is 0 Å². The SMILES string of the molecule is CNCc1nnc(N2CCN(S(C)(=O)=O)CC2)o1. The summed E-state index contributed by atoms with van der Waals surface area (Å²) in [4.78, 5) is 1.90. The Bertz CT molecular complexity index is 492. The first-order chi connectivity index (χ1) is 8.50. The van der Waals surface area contributed by atoms with Gasteiger partial charge in [-0.15, -0.1) is 5.10 Å². The van der Waals surface area contributed by atoms with Gasteiger partial charge in [0.05, 0.1) is 12.8 Å². The van der Waals surface area contributed by atoms with Crippen LogP contribution in [0.5, 0.6) is 0 Å². The summed E-state index contributed by atoms with van der Waals surface area (Å²) in [5.41, 5.74) is 0. The van der Waals surface area contributed by atoms with Crippen molar-refractivity contribution >= 4 is 16.0 Å². The van der Waals surface area contributed by atoms with E-state index in [9.17, 15) is 8.42 Å². The summed E-state index contributed by atoms with van der Waals surface area (Å²) in [6.45, 7) is 2.55. The average molecular weight is 275 g/mol. The molecule has 0 amide bonds. The van der Waals surface area contributed by atoms with Crippen molar-refractivity contribution in [3.63, 3.8) is 0 Å². The molecule has 102 valence electrons. The lowest BCUT2D eigenvalue weighted by Gasteiger charge is -2.31. The molecule has 1 aliphatic rings. The second kappa shape index (κ2) is 5.21. The standard InChI is InChI=1S/C9H17N5O3S/c1-10-7-8-11-12-9(17-8)13-3-5-14(6-4-13)18(2,15)16/h10H,3-7H2,1-2H3. The minimum absolute atomic E-state index is 0.447. The third-order valence-corrected chi connectivity index (χ3v) is 4.07. The van der Waals surface area contributed by atoms with Gasteiger partial charge in [-0.3, -0.25) is 0 Å².